The second-order valence-corrected chi connectivity index (χ2v) is 5.26. The first-order valence-electron chi connectivity index (χ1n) is 6.03. The minimum atomic E-state index is -4.14. The summed E-state index contributed by atoms with van der Waals surface area (Å²) in [5, 5.41) is 3.33. The molecule has 0 spiro atoms. The van der Waals surface area contributed by atoms with Crippen LogP contribution in [0, 0.1) is 0 Å². The Bertz CT molecular complexity index is 349. The number of alkyl halides is 3. The van der Waals surface area contributed by atoms with Crippen molar-refractivity contribution in [1.29, 1.82) is 0 Å². The maximum absolute atomic E-state index is 12.1. The predicted octanol–water partition coefficient (Wildman–Crippen LogP) is 3.80. The zero-order chi connectivity index (χ0) is 13.6. The van der Waals surface area contributed by atoms with Gasteiger partial charge in [0.25, 0.3) is 0 Å². The van der Waals surface area contributed by atoms with Crippen LogP contribution in [0.15, 0.2) is 18.3 Å². The quantitative estimate of drug-likeness (QED) is 0.818. The van der Waals surface area contributed by atoms with Crippen LogP contribution in [0.3, 0.4) is 0 Å². The predicted molar refractivity (Wildman–Crippen MR) is 69.7 cm³/mol. The lowest BCUT2D eigenvalue weighted by atomic mass is 10.2. The normalized spacial score (nSPS) is 13.8. The van der Waals surface area contributed by atoms with Crippen LogP contribution < -0.4 is 5.32 Å². The number of nitrogens with one attached hydrogen (secondary N) is 1. The number of aromatic nitrogens is 1. The van der Waals surface area contributed by atoms with Crippen molar-refractivity contribution in [3.63, 3.8) is 0 Å². The van der Waals surface area contributed by atoms with E-state index in [0.29, 0.717) is 6.54 Å². The summed E-state index contributed by atoms with van der Waals surface area (Å²) in [7, 11) is 0. The van der Waals surface area contributed by atoms with Gasteiger partial charge in [-0.2, -0.15) is 13.2 Å². The lowest BCUT2D eigenvalue weighted by Gasteiger charge is -2.17. The Kier molecular flexibility index (Phi) is 6.08. The van der Waals surface area contributed by atoms with Gasteiger partial charge in [-0.15, -0.1) is 0 Å². The molecule has 6 heteroatoms. The third kappa shape index (κ3) is 5.35. The van der Waals surface area contributed by atoms with E-state index >= 15 is 0 Å². The molecule has 0 fully saturated rings. The molecule has 18 heavy (non-hydrogen) atoms. The summed E-state index contributed by atoms with van der Waals surface area (Å²) in [6.45, 7) is 5.39. The number of hydrogen-bond acceptors (Lipinski definition) is 2. The third-order valence-corrected chi connectivity index (χ3v) is 3.32. The van der Waals surface area contributed by atoms with E-state index in [1.807, 2.05) is 29.8 Å². The van der Waals surface area contributed by atoms with Crippen molar-refractivity contribution in [3.8, 4) is 0 Å². The van der Waals surface area contributed by atoms with Gasteiger partial charge in [0.1, 0.15) is 0 Å². The largest absolute Gasteiger partial charge is 0.441 e. The third-order valence-electron chi connectivity index (χ3n) is 2.61. The molecule has 0 amide bonds. The summed E-state index contributed by atoms with van der Waals surface area (Å²) in [6, 6.07) is 3.99. The maximum atomic E-state index is 12.1. The van der Waals surface area contributed by atoms with Crippen molar-refractivity contribution in [2.24, 2.45) is 0 Å². The van der Waals surface area contributed by atoms with E-state index in [4.69, 9.17) is 0 Å². The first kappa shape index (κ1) is 15.4. The topological polar surface area (TPSA) is 17.0 Å². The summed E-state index contributed by atoms with van der Waals surface area (Å²) in [5.41, 5.74) is -3.11. The van der Waals surface area contributed by atoms with Crippen molar-refractivity contribution < 1.29 is 13.2 Å². The summed E-state index contributed by atoms with van der Waals surface area (Å²) < 4.78 is 38.0. The molecular weight excluding hydrogens is 261 g/mol. The van der Waals surface area contributed by atoms with Gasteiger partial charge in [-0.1, -0.05) is 6.92 Å². The molecule has 0 aliphatic heterocycles. The van der Waals surface area contributed by atoms with Crippen LogP contribution in [-0.2, 0) is 6.54 Å². The molecule has 0 radical (unpaired) electrons. The van der Waals surface area contributed by atoms with Gasteiger partial charge in [-0.25, -0.2) is 0 Å². The fourth-order valence-electron chi connectivity index (χ4n) is 1.75. The van der Waals surface area contributed by atoms with Gasteiger partial charge >= 0.3 is 5.51 Å². The molecule has 1 unspecified atom stereocenters. The smallest absolute Gasteiger partial charge is 0.349 e. The molecule has 0 aromatic carbocycles. The van der Waals surface area contributed by atoms with Crippen molar-refractivity contribution >= 4 is 11.8 Å². The van der Waals surface area contributed by atoms with Gasteiger partial charge < -0.3 is 9.88 Å². The average Bonchev–Trinajstić information content (AvgIpc) is 2.72. The van der Waals surface area contributed by atoms with Crippen LogP contribution in [-0.4, -0.2) is 22.4 Å². The molecule has 0 saturated heterocycles. The molecule has 1 heterocycles. The Hall–Kier alpha value is -0.620. The number of thioether (sulfide) groups is 1. The molecule has 1 atom stereocenters. The maximum Gasteiger partial charge on any atom is 0.441 e. The highest BCUT2D eigenvalue weighted by Gasteiger charge is 2.27. The van der Waals surface area contributed by atoms with E-state index in [2.05, 4.69) is 12.2 Å². The van der Waals surface area contributed by atoms with Gasteiger partial charge in [0.15, 0.2) is 0 Å². The van der Waals surface area contributed by atoms with E-state index < -0.39 is 5.51 Å². The molecule has 2 nitrogen and oxygen atoms in total. The van der Waals surface area contributed by atoms with Gasteiger partial charge in [0.05, 0.1) is 0 Å². The van der Waals surface area contributed by atoms with E-state index in [0.717, 1.165) is 18.7 Å². The minimum Gasteiger partial charge on any atom is -0.349 e. The van der Waals surface area contributed by atoms with Crippen molar-refractivity contribution in [2.75, 3.05) is 12.3 Å². The Morgan fingerprint density at radius 2 is 2.17 bits per heavy atom. The van der Waals surface area contributed by atoms with Crippen LogP contribution in [0.5, 0.6) is 0 Å². The van der Waals surface area contributed by atoms with Crippen LogP contribution in [0.25, 0.3) is 0 Å². The Morgan fingerprint density at radius 3 is 2.78 bits per heavy atom. The molecule has 0 aliphatic carbocycles. The molecule has 1 aromatic rings. The summed E-state index contributed by atoms with van der Waals surface area (Å²) in [4.78, 5) is 0. The summed E-state index contributed by atoms with van der Waals surface area (Å²) in [5.74, 6) is 0.0473. The fourth-order valence-corrected chi connectivity index (χ4v) is 2.27. The molecule has 0 aliphatic rings. The van der Waals surface area contributed by atoms with Crippen LogP contribution >= 0.6 is 11.8 Å². The number of halogens is 3. The zero-order valence-corrected chi connectivity index (χ0v) is 11.4. The van der Waals surface area contributed by atoms with Crippen molar-refractivity contribution in [1.82, 2.24) is 9.88 Å². The lowest BCUT2D eigenvalue weighted by molar-refractivity contribution is -0.0328. The lowest BCUT2D eigenvalue weighted by Crippen LogP contribution is -2.22. The molecule has 0 bridgehead atoms. The van der Waals surface area contributed by atoms with Gasteiger partial charge in [0.2, 0.25) is 0 Å². The molecular formula is C12H19F3N2S. The van der Waals surface area contributed by atoms with Crippen LogP contribution in [0.4, 0.5) is 13.2 Å². The van der Waals surface area contributed by atoms with Crippen LogP contribution in [0.1, 0.15) is 32.0 Å². The molecule has 1 aromatic heterocycles. The van der Waals surface area contributed by atoms with Gasteiger partial charge in [-0.3, -0.25) is 0 Å². The highest BCUT2D eigenvalue weighted by atomic mass is 32.2. The SMILES string of the molecule is CCCNC(C)c1cccn1CCSC(F)(F)F. The monoisotopic (exact) mass is 280 g/mol. The highest BCUT2D eigenvalue weighted by molar-refractivity contribution is 8.00. The Balaban J connectivity index is 2.49. The van der Waals surface area contributed by atoms with Crippen molar-refractivity contribution in [3.05, 3.63) is 24.0 Å². The van der Waals surface area contributed by atoms with Gasteiger partial charge in [-0.05, 0) is 43.8 Å². The molecule has 1 N–H and O–H groups in total. The number of rotatable bonds is 7. The fraction of sp³-hybridized carbons (Fsp3) is 0.667. The summed E-state index contributed by atoms with van der Waals surface area (Å²) in [6.07, 6.45) is 2.87. The highest BCUT2D eigenvalue weighted by Crippen LogP contribution is 2.30. The van der Waals surface area contributed by atoms with Gasteiger partial charge in [0, 0.05) is 30.2 Å². The molecule has 104 valence electrons. The standard InChI is InChI=1S/C12H19F3N2S/c1-3-6-16-10(2)11-5-4-7-17(11)8-9-18-12(13,14)15/h4-5,7,10,16H,3,6,8-9H2,1-2H3. The molecule has 1 rings (SSSR count). The Labute approximate surface area is 110 Å². The molecule has 0 saturated carbocycles. The second-order valence-electron chi connectivity index (χ2n) is 4.10. The number of nitrogens with zero attached hydrogens (tertiary/aromatic N) is 1. The van der Waals surface area contributed by atoms with Crippen LogP contribution in [0.2, 0.25) is 0 Å². The second kappa shape index (κ2) is 7.09. The first-order valence-corrected chi connectivity index (χ1v) is 7.01. The Morgan fingerprint density at radius 1 is 1.44 bits per heavy atom. The van der Waals surface area contributed by atoms with E-state index in [1.165, 1.54) is 0 Å². The number of aryl methyl sites for hydroxylation is 1. The zero-order valence-electron chi connectivity index (χ0n) is 10.6. The minimum absolute atomic E-state index is 0.0288. The number of hydrogen-bond donors (Lipinski definition) is 1. The van der Waals surface area contributed by atoms with E-state index in [1.54, 1.807) is 0 Å². The van der Waals surface area contributed by atoms with E-state index in [-0.39, 0.29) is 23.6 Å². The van der Waals surface area contributed by atoms with E-state index in [9.17, 15) is 13.2 Å². The average molecular weight is 280 g/mol. The van der Waals surface area contributed by atoms with Crippen molar-refractivity contribution in [2.45, 2.75) is 38.4 Å². The summed E-state index contributed by atoms with van der Waals surface area (Å²) >= 11 is 0.0288. The first-order chi connectivity index (χ1) is 8.44.